The van der Waals surface area contributed by atoms with Crippen LogP contribution in [0.4, 0.5) is 0 Å². The van der Waals surface area contributed by atoms with Gasteiger partial charge in [-0.3, -0.25) is 0 Å². The van der Waals surface area contributed by atoms with Crippen LogP contribution in [0.5, 0.6) is 0 Å². The first kappa shape index (κ1) is 20.8. The average Bonchev–Trinajstić information content (AvgIpc) is 2.78. The van der Waals surface area contributed by atoms with Crippen LogP contribution < -0.4 is 0 Å². The molecule has 8 heteroatoms. The summed E-state index contributed by atoms with van der Waals surface area (Å²) >= 11 is 0. The zero-order valence-corrected chi connectivity index (χ0v) is 15.7. The number of nitriles is 1. The first-order valence-electron chi connectivity index (χ1n) is 8.05. The lowest BCUT2D eigenvalue weighted by molar-refractivity contribution is -0.0145. The minimum atomic E-state index is -1.29. The van der Waals surface area contributed by atoms with Crippen LogP contribution in [0.1, 0.15) is 40.5 Å². The van der Waals surface area contributed by atoms with E-state index in [1.165, 1.54) is 0 Å². The Kier molecular flexibility index (Phi) is 9.61. The first-order valence-corrected chi connectivity index (χ1v) is 9.18. The second kappa shape index (κ2) is 10.6. The van der Waals surface area contributed by atoms with E-state index in [0.717, 1.165) is 0 Å². The van der Waals surface area contributed by atoms with Gasteiger partial charge in [0.25, 0.3) is 8.53 Å². The maximum absolute atomic E-state index is 8.74. The van der Waals surface area contributed by atoms with Crippen LogP contribution >= 0.6 is 8.53 Å². The van der Waals surface area contributed by atoms with Crippen LogP contribution in [0.3, 0.4) is 0 Å². The second-order valence-electron chi connectivity index (χ2n) is 6.09. The predicted octanol–water partition coefficient (Wildman–Crippen LogP) is 2.58. The van der Waals surface area contributed by atoms with E-state index in [9.17, 15) is 0 Å². The standard InChI is InChI=1S/C15H28BN2O4P/c1-11(2)18(12(3)4)23(20-8-6-7-17)22-13-9-15(16)21-14(13)10-19-5/h11-15H,6,8-10H2,1-5H3. The Balaban J connectivity index is 2.80. The Hall–Kier alpha value is -0.215. The second-order valence-corrected chi connectivity index (χ2v) is 7.50. The Morgan fingerprint density at radius 1 is 1.35 bits per heavy atom. The smallest absolute Gasteiger partial charge is 0.259 e. The largest absolute Gasteiger partial charge is 0.382 e. The van der Waals surface area contributed by atoms with Crippen LogP contribution in [0, 0.1) is 11.3 Å². The van der Waals surface area contributed by atoms with Crippen molar-refractivity contribution < 1.29 is 18.5 Å². The van der Waals surface area contributed by atoms with Gasteiger partial charge in [-0.25, -0.2) is 4.67 Å². The van der Waals surface area contributed by atoms with Crippen molar-refractivity contribution in [2.24, 2.45) is 0 Å². The highest BCUT2D eigenvalue weighted by atomic mass is 31.2. The molecule has 0 spiro atoms. The fraction of sp³-hybridized carbons (Fsp3) is 0.933. The number of methoxy groups -OCH3 is 1. The van der Waals surface area contributed by atoms with Crippen LogP contribution in [0.2, 0.25) is 0 Å². The molecule has 0 aliphatic carbocycles. The van der Waals surface area contributed by atoms with Crippen molar-refractivity contribution in [3.63, 3.8) is 0 Å². The Morgan fingerprint density at radius 3 is 2.52 bits per heavy atom. The summed E-state index contributed by atoms with van der Waals surface area (Å²) in [5.74, 6) is 0. The molecule has 0 saturated carbocycles. The molecule has 1 aliphatic rings. The van der Waals surface area contributed by atoms with E-state index < -0.39 is 8.53 Å². The van der Waals surface area contributed by atoms with Gasteiger partial charge in [-0.2, -0.15) is 5.26 Å². The molecule has 0 aromatic rings. The molecule has 0 aromatic carbocycles. The van der Waals surface area contributed by atoms with Gasteiger partial charge in [0.15, 0.2) is 0 Å². The van der Waals surface area contributed by atoms with E-state index in [1.54, 1.807) is 7.11 Å². The van der Waals surface area contributed by atoms with Gasteiger partial charge >= 0.3 is 0 Å². The van der Waals surface area contributed by atoms with Crippen molar-refractivity contribution in [1.29, 1.82) is 5.26 Å². The van der Waals surface area contributed by atoms with E-state index in [2.05, 4.69) is 38.4 Å². The van der Waals surface area contributed by atoms with Gasteiger partial charge in [0.2, 0.25) is 0 Å². The number of nitrogens with zero attached hydrogens (tertiary/aromatic N) is 2. The van der Waals surface area contributed by atoms with Crippen LogP contribution in [0.25, 0.3) is 0 Å². The molecule has 1 saturated heterocycles. The molecular formula is C15H28BN2O4P. The lowest BCUT2D eigenvalue weighted by Crippen LogP contribution is -2.36. The molecule has 0 amide bonds. The molecule has 0 N–H and O–H groups in total. The van der Waals surface area contributed by atoms with E-state index in [1.807, 2.05) is 0 Å². The van der Waals surface area contributed by atoms with Crippen LogP contribution in [-0.2, 0) is 18.5 Å². The quantitative estimate of drug-likeness (QED) is 0.345. The Bertz CT molecular complexity index is 373. The molecule has 130 valence electrons. The first-order chi connectivity index (χ1) is 10.9. The molecule has 0 aromatic heterocycles. The highest BCUT2D eigenvalue weighted by molar-refractivity contribution is 7.44. The lowest BCUT2D eigenvalue weighted by atomic mass is 9.96. The fourth-order valence-corrected chi connectivity index (χ4v) is 4.34. The lowest BCUT2D eigenvalue weighted by Gasteiger charge is -2.37. The zero-order chi connectivity index (χ0) is 17.4. The monoisotopic (exact) mass is 342 g/mol. The third kappa shape index (κ3) is 6.66. The van der Waals surface area contributed by atoms with Crippen molar-refractivity contribution in [1.82, 2.24) is 4.67 Å². The highest BCUT2D eigenvalue weighted by Gasteiger charge is 2.38. The molecular weight excluding hydrogens is 314 g/mol. The summed E-state index contributed by atoms with van der Waals surface area (Å²) < 4.78 is 25.2. The molecule has 1 rings (SSSR count). The number of ether oxygens (including phenoxy) is 2. The van der Waals surface area contributed by atoms with Gasteiger partial charge in [0.05, 0.1) is 31.8 Å². The molecule has 1 fully saturated rings. The molecule has 1 aliphatic heterocycles. The predicted molar refractivity (Wildman–Crippen MR) is 91.0 cm³/mol. The summed E-state index contributed by atoms with van der Waals surface area (Å²) in [5, 5.41) is 8.74. The summed E-state index contributed by atoms with van der Waals surface area (Å²) in [7, 11) is 6.23. The average molecular weight is 342 g/mol. The van der Waals surface area contributed by atoms with Gasteiger partial charge in [0, 0.05) is 25.2 Å². The van der Waals surface area contributed by atoms with Crippen LogP contribution in [-0.4, -0.2) is 63.1 Å². The van der Waals surface area contributed by atoms with E-state index >= 15 is 0 Å². The normalized spacial score (nSPS) is 26.1. The van der Waals surface area contributed by atoms with Gasteiger partial charge in [0.1, 0.15) is 14.0 Å². The van der Waals surface area contributed by atoms with Gasteiger partial charge < -0.3 is 18.5 Å². The van der Waals surface area contributed by atoms with Crippen molar-refractivity contribution in [3.8, 4) is 6.07 Å². The van der Waals surface area contributed by atoms with Crippen molar-refractivity contribution in [2.45, 2.75) is 70.8 Å². The Labute approximate surface area is 142 Å². The minimum Gasteiger partial charge on any atom is -0.382 e. The van der Waals surface area contributed by atoms with Gasteiger partial charge in [-0.1, -0.05) is 0 Å². The maximum Gasteiger partial charge on any atom is 0.259 e. The fourth-order valence-electron chi connectivity index (χ4n) is 2.58. The number of hydrogen-bond acceptors (Lipinski definition) is 6. The third-order valence-electron chi connectivity index (χ3n) is 3.45. The number of hydrogen-bond donors (Lipinski definition) is 0. The number of rotatable bonds is 10. The molecule has 4 atom stereocenters. The molecule has 0 bridgehead atoms. The van der Waals surface area contributed by atoms with Crippen molar-refractivity contribution in [2.75, 3.05) is 20.3 Å². The minimum absolute atomic E-state index is 0.168. The maximum atomic E-state index is 8.74. The van der Waals surface area contributed by atoms with Crippen LogP contribution in [0.15, 0.2) is 0 Å². The summed E-state index contributed by atoms with van der Waals surface area (Å²) in [6, 6.07) is 2.28. The summed E-state index contributed by atoms with van der Waals surface area (Å²) in [6.45, 7) is 9.22. The van der Waals surface area contributed by atoms with E-state index in [0.29, 0.717) is 26.1 Å². The third-order valence-corrected chi connectivity index (χ3v) is 5.60. The Morgan fingerprint density at radius 2 is 2.00 bits per heavy atom. The molecule has 1 heterocycles. The van der Waals surface area contributed by atoms with E-state index in [-0.39, 0.29) is 30.3 Å². The summed E-state index contributed by atoms with van der Waals surface area (Å²) in [4.78, 5) is 0. The summed E-state index contributed by atoms with van der Waals surface area (Å²) in [5.41, 5.74) is 0. The molecule has 4 unspecified atom stereocenters. The van der Waals surface area contributed by atoms with E-state index in [4.69, 9.17) is 31.6 Å². The van der Waals surface area contributed by atoms with Gasteiger partial charge in [-0.05, 0) is 34.1 Å². The zero-order valence-electron chi connectivity index (χ0n) is 14.8. The molecule has 2 radical (unpaired) electrons. The summed E-state index contributed by atoms with van der Waals surface area (Å²) in [6.07, 6.45) is 0.589. The van der Waals surface area contributed by atoms with Crippen molar-refractivity contribution >= 4 is 16.4 Å². The molecule has 23 heavy (non-hydrogen) atoms. The van der Waals surface area contributed by atoms with Gasteiger partial charge in [-0.15, -0.1) is 0 Å². The SMILES string of the molecule is [B]C1CC(OP(OCCC#N)N(C(C)C)C(C)C)C(COC)O1. The molecule has 6 nitrogen and oxygen atoms in total. The topological polar surface area (TPSA) is 64.0 Å². The highest BCUT2D eigenvalue weighted by Crippen LogP contribution is 2.48. The van der Waals surface area contributed by atoms with Crippen molar-refractivity contribution in [3.05, 3.63) is 0 Å².